The summed E-state index contributed by atoms with van der Waals surface area (Å²) in [6, 6.07) is 1.34. The number of carbonyl (C=O) groups is 1. The molecule has 110 valence electrons. The Labute approximate surface area is 121 Å². The summed E-state index contributed by atoms with van der Waals surface area (Å²) in [5, 5.41) is 9.47. The zero-order valence-corrected chi connectivity index (χ0v) is 12.1. The van der Waals surface area contributed by atoms with Gasteiger partial charge < -0.3 is 14.6 Å². The number of hydrogen-bond acceptors (Lipinski definition) is 3. The van der Waals surface area contributed by atoms with Gasteiger partial charge in [0.25, 0.3) is 0 Å². The summed E-state index contributed by atoms with van der Waals surface area (Å²) < 4.78 is 24.2. The number of methoxy groups -OCH3 is 2. The number of halogens is 2. The molecule has 1 N–H and O–H groups in total. The van der Waals surface area contributed by atoms with Crippen molar-refractivity contribution in [2.75, 3.05) is 14.2 Å². The van der Waals surface area contributed by atoms with Crippen LogP contribution in [0.5, 0.6) is 11.5 Å². The van der Waals surface area contributed by atoms with Gasteiger partial charge in [0.05, 0.1) is 24.7 Å². The van der Waals surface area contributed by atoms with E-state index in [1.807, 2.05) is 0 Å². The zero-order valence-electron chi connectivity index (χ0n) is 11.3. The van der Waals surface area contributed by atoms with Gasteiger partial charge in [0, 0.05) is 5.56 Å². The van der Waals surface area contributed by atoms with E-state index in [2.05, 4.69) is 0 Å². The fourth-order valence-corrected chi connectivity index (χ4v) is 3.10. The molecule has 0 unspecified atom stereocenters. The predicted octanol–water partition coefficient (Wildman–Crippen LogP) is 3.39. The smallest absolute Gasteiger partial charge is 0.314 e. The lowest BCUT2D eigenvalue weighted by Gasteiger charge is -2.27. The van der Waals surface area contributed by atoms with Crippen LogP contribution in [0.2, 0.25) is 5.02 Å². The molecule has 0 amide bonds. The van der Waals surface area contributed by atoms with E-state index in [1.165, 1.54) is 20.3 Å². The predicted molar refractivity (Wildman–Crippen MR) is 72.3 cm³/mol. The molecule has 2 rings (SSSR count). The Morgan fingerprint density at radius 1 is 1.30 bits per heavy atom. The molecule has 1 aliphatic rings. The number of hydrogen-bond donors (Lipinski definition) is 1. The number of carboxylic acid groups (broad SMARTS) is 1. The van der Waals surface area contributed by atoms with Crippen LogP contribution in [-0.2, 0) is 10.2 Å². The van der Waals surface area contributed by atoms with Crippen LogP contribution in [0, 0.1) is 5.82 Å². The average Bonchev–Trinajstić information content (AvgIpc) is 2.91. The first-order valence-electron chi connectivity index (χ1n) is 6.31. The van der Waals surface area contributed by atoms with Gasteiger partial charge in [-0.25, -0.2) is 4.39 Å². The lowest BCUT2D eigenvalue weighted by Crippen LogP contribution is -2.33. The van der Waals surface area contributed by atoms with Crippen LogP contribution in [-0.4, -0.2) is 25.3 Å². The molecule has 20 heavy (non-hydrogen) atoms. The minimum Gasteiger partial charge on any atom is -0.492 e. The number of aliphatic carboxylic acids is 1. The molecule has 0 bridgehead atoms. The van der Waals surface area contributed by atoms with Gasteiger partial charge in [-0.2, -0.15) is 0 Å². The Morgan fingerprint density at radius 3 is 2.30 bits per heavy atom. The Kier molecular flexibility index (Phi) is 4.09. The average molecular weight is 303 g/mol. The quantitative estimate of drug-likeness (QED) is 0.926. The molecular formula is C14H16ClFO4. The molecule has 1 fully saturated rings. The molecule has 1 aromatic carbocycles. The molecule has 1 saturated carbocycles. The summed E-state index contributed by atoms with van der Waals surface area (Å²) in [6.07, 6.45) is 2.55. The maximum atomic E-state index is 14.0. The van der Waals surface area contributed by atoms with E-state index in [0.717, 1.165) is 12.8 Å². The third kappa shape index (κ3) is 2.10. The van der Waals surface area contributed by atoms with Gasteiger partial charge in [0.15, 0.2) is 17.3 Å². The third-order valence-electron chi connectivity index (χ3n) is 3.92. The van der Waals surface area contributed by atoms with Crippen LogP contribution in [0.25, 0.3) is 0 Å². The maximum absolute atomic E-state index is 14.0. The van der Waals surface area contributed by atoms with Gasteiger partial charge in [0.1, 0.15) is 0 Å². The Hall–Kier alpha value is -1.49. The first-order chi connectivity index (χ1) is 9.47. The van der Waals surface area contributed by atoms with Crippen LogP contribution in [0.15, 0.2) is 6.07 Å². The highest BCUT2D eigenvalue weighted by Crippen LogP contribution is 2.49. The van der Waals surface area contributed by atoms with E-state index in [-0.39, 0.29) is 16.5 Å². The Bertz CT molecular complexity index is 538. The van der Waals surface area contributed by atoms with Crippen LogP contribution in [0.1, 0.15) is 31.2 Å². The van der Waals surface area contributed by atoms with Crippen molar-refractivity contribution < 1.29 is 23.8 Å². The molecule has 4 nitrogen and oxygen atoms in total. The minimum absolute atomic E-state index is 0.110. The number of carboxylic acids is 1. The van der Waals surface area contributed by atoms with Crippen molar-refractivity contribution in [3.63, 3.8) is 0 Å². The van der Waals surface area contributed by atoms with Gasteiger partial charge in [-0.05, 0) is 18.9 Å². The molecule has 0 aliphatic heterocycles. The summed E-state index contributed by atoms with van der Waals surface area (Å²) in [5.74, 6) is -1.73. The topological polar surface area (TPSA) is 55.8 Å². The molecule has 1 aliphatic carbocycles. The normalized spacial score (nSPS) is 17.0. The summed E-state index contributed by atoms with van der Waals surface area (Å²) in [7, 11) is 2.66. The molecule has 0 spiro atoms. The second-order valence-corrected chi connectivity index (χ2v) is 5.29. The minimum atomic E-state index is -1.09. The molecule has 0 radical (unpaired) electrons. The molecule has 0 saturated heterocycles. The zero-order chi connectivity index (χ0) is 14.9. The summed E-state index contributed by atoms with van der Waals surface area (Å²) in [6.45, 7) is 0. The van der Waals surface area contributed by atoms with E-state index in [4.69, 9.17) is 21.1 Å². The van der Waals surface area contributed by atoms with Gasteiger partial charge in [-0.1, -0.05) is 24.4 Å². The van der Waals surface area contributed by atoms with Crippen LogP contribution < -0.4 is 9.47 Å². The standard InChI is InChI=1S/C14H16ClFO4/c1-19-11-8(7-9(15)10(16)12(11)20-2)14(13(17)18)5-3-4-6-14/h7H,3-6H2,1-2H3,(H,17,18). The van der Waals surface area contributed by atoms with Crippen molar-refractivity contribution >= 4 is 17.6 Å². The first kappa shape index (κ1) is 14.9. The van der Waals surface area contributed by atoms with E-state index >= 15 is 0 Å². The fraction of sp³-hybridized carbons (Fsp3) is 0.500. The van der Waals surface area contributed by atoms with Crippen molar-refractivity contribution in [3.8, 4) is 11.5 Å². The van der Waals surface area contributed by atoms with Crippen molar-refractivity contribution in [1.29, 1.82) is 0 Å². The van der Waals surface area contributed by atoms with E-state index in [0.29, 0.717) is 18.4 Å². The molecule has 6 heteroatoms. The summed E-state index contributed by atoms with van der Waals surface area (Å²) in [4.78, 5) is 11.8. The summed E-state index contributed by atoms with van der Waals surface area (Å²) >= 11 is 5.87. The molecule has 1 aromatic rings. The highest BCUT2D eigenvalue weighted by atomic mass is 35.5. The second kappa shape index (κ2) is 5.48. The Balaban J connectivity index is 2.72. The number of benzene rings is 1. The van der Waals surface area contributed by atoms with Gasteiger partial charge in [0.2, 0.25) is 0 Å². The first-order valence-corrected chi connectivity index (χ1v) is 6.69. The van der Waals surface area contributed by atoms with Gasteiger partial charge in [-0.15, -0.1) is 0 Å². The second-order valence-electron chi connectivity index (χ2n) is 4.88. The van der Waals surface area contributed by atoms with Crippen molar-refractivity contribution in [2.45, 2.75) is 31.1 Å². The largest absolute Gasteiger partial charge is 0.492 e. The maximum Gasteiger partial charge on any atom is 0.314 e. The number of rotatable bonds is 4. The lowest BCUT2D eigenvalue weighted by atomic mass is 9.78. The van der Waals surface area contributed by atoms with Crippen molar-refractivity contribution in [3.05, 3.63) is 22.5 Å². The molecule has 0 heterocycles. The third-order valence-corrected chi connectivity index (χ3v) is 4.20. The molecule has 0 aromatic heterocycles. The molecular weight excluding hydrogens is 287 g/mol. The van der Waals surface area contributed by atoms with E-state index < -0.39 is 17.2 Å². The van der Waals surface area contributed by atoms with E-state index in [9.17, 15) is 14.3 Å². The van der Waals surface area contributed by atoms with E-state index in [1.54, 1.807) is 0 Å². The van der Waals surface area contributed by atoms with Crippen molar-refractivity contribution in [2.24, 2.45) is 0 Å². The van der Waals surface area contributed by atoms with Crippen LogP contribution in [0.3, 0.4) is 0 Å². The van der Waals surface area contributed by atoms with Gasteiger partial charge in [-0.3, -0.25) is 4.79 Å². The van der Waals surface area contributed by atoms with Crippen LogP contribution >= 0.6 is 11.6 Å². The molecule has 0 atom stereocenters. The lowest BCUT2D eigenvalue weighted by molar-refractivity contribution is -0.143. The highest BCUT2D eigenvalue weighted by Gasteiger charge is 2.46. The SMILES string of the molecule is COc1c(C2(C(=O)O)CCCC2)cc(Cl)c(F)c1OC. The monoisotopic (exact) mass is 302 g/mol. The van der Waals surface area contributed by atoms with Crippen LogP contribution in [0.4, 0.5) is 4.39 Å². The summed E-state index contributed by atoms with van der Waals surface area (Å²) in [5.41, 5.74) is -0.705. The van der Waals surface area contributed by atoms with Gasteiger partial charge >= 0.3 is 5.97 Å². The highest BCUT2D eigenvalue weighted by molar-refractivity contribution is 6.31. The fourth-order valence-electron chi connectivity index (χ4n) is 2.90. The Morgan fingerprint density at radius 2 is 1.85 bits per heavy atom. The number of ether oxygens (including phenoxy) is 2. The van der Waals surface area contributed by atoms with Crippen molar-refractivity contribution in [1.82, 2.24) is 0 Å².